The average molecular weight is 284 g/mol. The molecule has 0 atom stereocenters. The van der Waals surface area contributed by atoms with Crippen molar-refractivity contribution in [2.45, 2.75) is 38.1 Å². The molecule has 1 aliphatic rings. The normalized spacial score (nSPS) is 16.6. The first-order valence-corrected chi connectivity index (χ1v) is 7.66. The number of fused-ring (bicyclic) bond motifs is 1. The van der Waals surface area contributed by atoms with Crippen molar-refractivity contribution in [3.05, 3.63) is 42.0 Å². The zero-order valence-corrected chi connectivity index (χ0v) is 12.6. The molecule has 0 unspecified atom stereocenters. The standard InChI is InChI=1S/C17H20N2S/c1-2-17(10-5-11-17)19-15-9-8-14(16(18)20)12-6-3-4-7-13(12)15/h3-4,6-9,19H,2,5,10-11H2,1H3,(H2,18,20). The van der Waals surface area contributed by atoms with Crippen LogP contribution in [0.3, 0.4) is 0 Å². The Labute approximate surface area is 125 Å². The molecule has 0 aliphatic heterocycles. The quantitative estimate of drug-likeness (QED) is 0.826. The highest BCUT2D eigenvalue weighted by Gasteiger charge is 2.35. The molecular weight excluding hydrogens is 264 g/mol. The number of rotatable bonds is 4. The van der Waals surface area contributed by atoms with Gasteiger partial charge in [-0.3, -0.25) is 0 Å². The fourth-order valence-corrected chi connectivity index (χ4v) is 3.26. The summed E-state index contributed by atoms with van der Waals surface area (Å²) < 4.78 is 0. The molecule has 0 spiro atoms. The summed E-state index contributed by atoms with van der Waals surface area (Å²) in [6.45, 7) is 2.26. The van der Waals surface area contributed by atoms with Crippen molar-refractivity contribution < 1.29 is 0 Å². The van der Waals surface area contributed by atoms with Crippen LogP contribution in [0, 0.1) is 0 Å². The first-order chi connectivity index (χ1) is 9.65. The van der Waals surface area contributed by atoms with Gasteiger partial charge in [-0.25, -0.2) is 0 Å². The van der Waals surface area contributed by atoms with Crippen LogP contribution < -0.4 is 11.1 Å². The molecule has 0 saturated heterocycles. The molecule has 3 rings (SSSR count). The van der Waals surface area contributed by atoms with E-state index in [0.29, 0.717) is 4.99 Å². The predicted molar refractivity (Wildman–Crippen MR) is 90.3 cm³/mol. The highest BCUT2D eigenvalue weighted by Crippen LogP contribution is 2.39. The molecule has 0 aromatic heterocycles. The van der Waals surface area contributed by atoms with E-state index in [4.69, 9.17) is 18.0 Å². The Morgan fingerprint density at radius 2 is 1.90 bits per heavy atom. The van der Waals surface area contributed by atoms with Crippen molar-refractivity contribution in [3.8, 4) is 0 Å². The molecular formula is C17H20N2S. The zero-order valence-electron chi connectivity index (χ0n) is 11.8. The van der Waals surface area contributed by atoms with E-state index in [1.54, 1.807) is 0 Å². The summed E-state index contributed by atoms with van der Waals surface area (Å²) in [4.78, 5) is 0.460. The van der Waals surface area contributed by atoms with E-state index >= 15 is 0 Å². The number of nitrogens with one attached hydrogen (secondary N) is 1. The molecule has 0 radical (unpaired) electrons. The molecule has 2 aromatic rings. The molecule has 1 saturated carbocycles. The minimum absolute atomic E-state index is 0.285. The second-order valence-corrected chi connectivity index (χ2v) is 6.12. The molecule has 0 amide bonds. The van der Waals surface area contributed by atoms with Crippen molar-refractivity contribution >= 4 is 33.7 Å². The van der Waals surface area contributed by atoms with Crippen LogP contribution in [0.4, 0.5) is 5.69 Å². The summed E-state index contributed by atoms with van der Waals surface area (Å²) in [6, 6.07) is 12.5. The van der Waals surface area contributed by atoms with E-state index in [9.17, 15) is 0 Å². The van der Waals surface area contributed by atoms with Crippen LogP contribution in [0.5, 0.6) is 0 Å². The molecule has 2 aromatic carbocycles. The van der Waals surface area contributed by atoms with Crippen molar-refractivity contribution in [2.24, 2.45) is 5.73 Å². The Morgan fingerprint density at radius 3 is 2.45 bits per heavy atom. The highest BCUT2D eigenvalue weighted by atomic mass is 32.1. The van der Waals surface area contributed by atoms with Crippen LogP contribution in [0.2, 0.25) is 0 Å². The number of hydrogen-bond acceptors (Lipinski definition) is 2. The average Bonchev–Trinajstić information content (AvgIpc) is 2.42. The Bertz CT molecular complexity index is 654. The lowest BCUT2D eigenvalue weighted by atomic mass is 9.74. The van der Waals surface area contributed by atoms with Crippen molar-refractivity contribution in [2.75, 3.05) is 5.32 Å². The van der Waals surface area contributed by atoms with Gasteiger partial charge in [-0.2, -0.15) is 0 Å². The minimum Gasteiger partial charge on any atom is -0.389 e. The summed E-state index contributed by atoms with van der Waals surface area (Å²) in [7, 11) is 0. The Hall–Kier alpha value is -1.61. The van der Waals surface area contributed by atoms with Crippen molar-refractivity contribution in [1.29, 1.82) is 0 Å². The van der Waals surface area contributed by atoms with Gasteiger partial charge in [0.05, 0.1) is 0 Å². The molecule has 3 heteroatoms. The molecule has 1 aliphatic carbocycles. The first kappa shape index (κ1) is 13.4. The Kier molecular flexibility index (Phi) is 3.38. The van der Waals surface area contributed by atoms with E-state index in [1.807, 2.05) is 12.1 Å². The third-order valence-corrected chi connectivity index (χ3v) is 4.80. The SMILES string of the molecule is CCC1(Nc2ccc(C(N)=S)c3ccccc23)CCC1. The fraction of sp³-hybridized carbons (Fsp3) is 0.353. The van der Waals surface area contributed by atoms with E-state index < -0.39 is 0 Å². The van der Waals surface area contributed by atoms with Gasteiger partial charge in [-0.15, -0.1) is 0 Å². The molecule has 3 N–H and O–H groups in total. The van der Waals surface area contributed by atoms with E-state index in [-0.39, 0.29) is 5.54 Å². The summed E-state index contributed by atoms with van der Waals surface area (Å²) >= 11 is 5.16. The smallest absolute Gasteiger partial charge is 0.104 e. The second kappa shape index (κ2) is 5.06. The van der Waals surface area contributed by atoms with Gasteiger partial charge in [-0.05, 0) is 43.2 Å². The minimum atomic E-state index is 0.285. The van der Waals surface area contributed by atoms with Crippen molar-refractivity contribution in [3.63, 3.8) is 0 Å². The van der Waals surface area contributed by atoms with Gasteiger partial charge in [0.2, 0.25) is 0 Å². The first-order valence-electron chi connectivity index (χ1n) is 7.25. The predicted octanol–water partition coefficient (Wildman–Crippen LogP) is 4.22. The van der Waals surface area contributed by atoms with Crippen LogP contribution in [0.25, 0.3) is 10.8 Å². The summed E-state index contributed by atoms with van der Waals surface area (Å²) in [5.74, 6) is 0. The zero-order chi connectivity index (χ0) is 14.2. The number of anilines is 1. The summed E-state index contributed by atoms with van der Waals surface area (Å²) in [6.07, 6.45) is 5.01. The van der Waals surface area contributed by atoms with Gasteiger partial charge >= 0.3 is 0 Å². The molecule has 0 bridgehead atoms. The van der Waals surface area contributed by atoms with Crippen LogP contribution in [-0.4, -0.2) is 10.5 Å². The summed E-state index contributed by atoms with van der Waals surface area (Å²) in [5, 5.41) is 6.11. The third kappa shape index (κ3) is 2.16. The van der Waals surface area contributed by atoms with Gasteiger partial charge in [0.25, 0.3) is 0 Å². The monoisotopic (exact) mass is 284 g/mol. The molecule has 0 heterocycles. The second-order valence-electron chi connectivity index (χ2n) is 5.68. The van der Waals surface area contributed by atoms with E-state index in [1.165, 1.54) is 36.8 Å². The van der Waals surface area contributed by atoms with Gasteiger partial charge in [0, 0.05) is 22.2 Å². The topological polar surface area (TPSA) is 38.0 Å². The third-order valence-electron chi connectivity index (χ3n) is 4.58. The van der Waals surface area contributed by atoms with Gasteiger partial charge < -0.3 is 11.1 Å². The van der Waals surface area contributed by atoms with Crippen LogP contribution in [-0.2, 0) is 0 Å². The lowest BCUT2D eigenvalue weighted by Crippen LogP contribution is -2.44. The van der Waals surface area contributed by atoms with Gasteiger partial charge in [0.15, 0.2) is 0 Å². The van der Waals surface area contributed by atoms with E-state index in [2.05, 4.69) is 36.5 Å². The van der Waals surface area contributed by atoms with Gasteiger partial charge in [0.1, 0.15) is 4.99 Å². The Balaban J connectivity index is 2.08. The van der Waals surface area contributed by atoms with Crippen LogP contribution >= 0.6 is 12.2 Å². The Morgan fingerprint density at radius 1 is 1.20 bits per heavy atom. The van der Waals surface area contributed by atoms with Crippen LogP contribution in [0.15, 0.2) is 36.4 Å². The maximum atomic E-state index is 5.83. The number of hydrogen-bond donors (Lipinski definition) is 2. The molecule has 2 nitrogen and oxygen atoms in total. The number of nitrogens with two attached hydrogens (primary N) is 1. The molecule has 104 valence electrons. The van der Waals surface area contributed by atoms with E-state index in [0.717, 1.165) is 10.9 Å². The van der Waals surface area contributed by atoms with Crippen LogP contribution in [0.1, 0.15) is 38.2 Å². The molecule has 1 fully saturated rings. The maximum Gasteiger partial charge on any atom is 0.104 e. The van der Waals surface area contributed by atoms with Crippen molar-refractivity contribution in [1.82, 2.24) is 0 Å². The van der Waals surface area contributed by atoms with Gasteiger partial charge in [-0.1, -0.05) is 43.4 Å². The molecule has 20 heavy (non-hydrogen) atoms. The maximum absolute atomic E-state index is 5.83. The fourth-order valence-electron chi connectivity index (χ4n) is 3.08. The summed E-state index contributed by atoms with van der Waals surface area (Å²) in [5.41, 5.74) is 8.27. The largest absolute Gasteiger partial charge is 0.389 e. The highest BCUT2D eigenvalue weighted by molar-refractivity contribution is 7.80. The lowest BCUT2D eigenvalue weighted by molar-refractivity contribution is 0.270. The lowest BCUT2D eigenvalue weighted by Gasteiger charge is -2.43. The number of thiocarbonyl (C=S) groups is 1. The number of benzene rings is 2.